The number of hydrogen-bond acceptors (Lipinski definition) is 4. The number of halogens is 1. The average Bonchev–Trinajstić information content (AvgIpc) is 3.15. The summed E-state index contributed by atoms with van der Waals surface area (Å²) in [5.74, 6) is -0.0659. The maximum absolute atomic E-state index is 13.1. The molecule has 1 aromatic carbocycles. The van der Waals surface area contributed by atoms with Crippen molar-refractivity contribution in [3.63, 3.8) is 0 Å². The Labute approximate surface area is 168 Å². The van der Waals surface area contributed by atoms with E-state index in [-0.39, 0.29) is 36.8 Å². The van der Waals surface area contributed by atoms with Crippen molar-refractivity contribution < 1.29 is 18.7 Å². The quantitative estimate of drug-likeness (QED) is 0.667. The van der Waals surface area contributed by atoms with Gasteiger partial charge in [-0.15, -0.1) is 17.9 Å². The Bertz CT molecular complexity index is 850. The van der Waals surface area contributed by atoms with Crippen LogP contribution < -0.4 is 4.74 Å². The van der Waals surface area contributed by atoms with Gasteiger partial charge in [0.25, 0.3) is 0 Å². The Hall–Kier alpha value is -2.67. The summed E-state index contributed by atoms with van der Waals surface area (Å²) >= 11 is 1.67. The first kappa shape index (κ1) is 20.1. The molecule has 0 N–H and O–H groups in total. The maximum atomic E-state index is 13.1. The third-order valence-electron chi connectivity index (χ3n) is 4.76. The molecule has 28 heavy (non-hydrogen) atoms. The van der Waals surface area contributed by atoms with Crippen LogP contribution in [0.1, 0.15) is 23.4 Å². The van der Waals surface area contributed by atoms with E-state index in [1.165, 1.54) is 28.8 Å². The third kappa shape index (κ3) is 4.59. The molecule has 1 atom stereocenters. The highest BCUT2D eigenvalue weighted by atomic mass is 32.1. The number of ether oxygens (including phenoxy) is 1. The summed E-state index contributed by atoms with van der Waals surface area (Å²) in [6, 6.07) is 7.60. The first-order valence-corrected chi connectivity index (χ1v) is 9.98. The molecule has 148 valence electrons. The molecule has 1 aliphatic rings. The molecule has 7 heteroatoms. The summed E-state index contributed by atoms with van der Waals surface area (Å²) in [6.07, 6.45) is 2.39. The van der Waals surface area contributed by atoms with Gasteiger partial charge in [0.1, 0.15) is 24.7 Å². The second kappa shape index (κ2) is 9.01. The molecule has 2 amide bonds. The van der Waals surface area contributed by atoms with Crippen LogP contribution in [0.15, 0.2) is 48.4 Å². The van der Waals surface area contributed by atoms with E-state index in [4.69, 9.17) is 4.74 Å². The van der Waals surface area contributed by atoms with E-state index >= 15 is 0 Å². The minimum absolute atomic E-state index is 0.00781. The van der Waals surface area contributed by atoms with Gasteiger partial charge in [-0.3, -0.25) is 9.59 Å². The predicted octanol–water partition coefficient (Wildman–Crippen LogP) is 3.43. The van der Waals surface area contributed by atoms with Crippen LogP contribution in [0.5, 0.6) is 5.75 Å². The molecule has 1 unspecified atom stereocenters. The van der Waals surface area contributed by atoms with Gasteiger partial charge in [0, 0.05) is 24.9 Å². The van der Waals surface area contributed by atoms with Crippen LogP contribution >= 0.6 is 11.3 Å². The number of fused-ring (bicyclic) bond motifs is 1. The number of benzene rings is 1. The van der Waals surface area contributed by atoms with Crippen molar-refractivity contribution in [3.8, 4) is 5.75 Å². The van der Waals surface area contributed by atoms with Crippen LogP contribution in [-0.2, 0) is 16.0 Å². The monoisotopic (exact) mass is 402 g/mol. The van der Waals surface area contributed by atoms with Crippen LogP contribution in [0.3, 0.4) is 0 Å². The van der Waals surface area contributed by atoms with Gasteiger partial charge >= 0.3 is 0 Å². The van der Waals surface area contributed by atoms with E-state index in [0.29, 0.717) is 18.8 Å². The first-order valence-electron chi connectivity index (χ1n) is 9.10. The van der Waals surface area contributed by atoms with E-state index in [9.17, 15) is 14.0 Å². The van der Waals surface area contributed by atoms with Gasteiger partial charge in [-0.1, -0.05) is 6.08 Å². The Kier molecular flexibility index (Phi) is 6.46. The molecule has 5 nitrogen and oxygen atoms in total. The number of nitrogens with zero attached hydrogens (tertiary/aromatic N) is 2. The van der Waals surface area contributed by atoms with Crippen LogP contribution in [0, 0.1) is 5.82 Å². The molecule has 0 bridgehead atoms. The standard InChI is InChI=1S/C21H23FN2O3S/c1-3-10-23(15(2)25)13-21(26)24-11-8-20-18(9-12-28-20)19(24)14-27-17-6-4-16(22)5-7-17/h3-7,9,12,19H,1,8,10-11,13-14H2,2H3. The highest BCUT2D eigenvalue weighted by Gasteiger charge is 2.33. The van der Waals surface area contributed by atoms with Crippen molar-refractivity contribution in [2.45, 2.75) is 19.4 Å². The summed E-state index contributed by atoms with van der Waals surface area (Å²) in [4.78, 5) is 29.3. The molecule has 2 heterocycles. The Balaban J connectivity index is 1.76. The van der Waals surface area contributed by atoms with Gasteiger partial charge in [0.05, 0.1) is 6.04 Å². The fraction of sp³-hybridized carbons (Fsp3) is 0.333. The second-order valence-corrected chi connectivity index (χ2v) is 7.61. The molecule has 0 saturated heterocycles. The normalized spacial score (nSPS) is 15.6. The third-order valence-corrected chi connectivity index (χ3v) is 5.75. The summed E-state index contributed by atoms with van der Waals surface area (Å²) in [5.41, 5.74) is 1.07. The van der Waals surface area contributed by atoms with E-state index in [1.807, 2.05) is 11.4 Å². The van der Waals surface area contributed by atoms with E-state index < -0.39 is 0 Å². The largest absolute Gasteiger partial charge is 0.491 e. The number of hydrogen-bond donors (Lipinski definition) is 0. The van der Waals surface area contributed by atoms with Crippen LogP contribution in [0.25, 0.3) is 0 Å². The minimum atomic E-state index is -0.325. The number of rotatable bonds is 7. The molecule has 3 rings (SSSR count). The summed E-state index contributed by atoms with van der Waals surface area (Å²) in [5, 5.41) is 2.02. The zero-order valence-electron chi connectivity index (χ0n) is 15.8. The van der Waals surface area contributed by atoms with Crippen LogP contribution in [0.2, 0.25) is 0 Å². The van der Waals surface area contributed by atoms with Crippen molar-refractivity contribution in [2.24, 2.45) is 0 Å². The molecule has 0 radical (unpaired) electrons. The summed E-state index contributed by atoms with van der Waals surface area (Å²) in [6.45, 7) is 6.27. The lowest BCUT2D eigenvalue weighted by atomic mass is 10.0. The molecule has 1 aliphatic heterocycles. The molecule has 1 aromatic heterocycles. The van der Waals surface area contributed by atoms with Crippen LogP contribution in [-0.4, -0.2) is 47.9 Å². The smallest absolute Gasteiger partial charge is 0.242 e. The van der Waals surface area contributed by atoms with Crippen molar-refractivity contribution in [1.29, 1.82) is 0 Å². The Morgan fingerprint density at radius 1 is 1.36 bits per heavy atom. The second-order valence-electron chi connectivity index (χ2n) is 6.61. The van der Waals surface area contributed by atoms with Gasteiger partial charge in [0.15, 0.2) is 0 Å². The topological polar surface area (TPSA) is 49.9 Å². The van der Waals surface area contributed by atoms with Crippen molar-refractivity contribution >= 4 is 23.2 Å². The van der Waals surface area contributed by atoms with Gasteiger partial charge in [-0.05, 0) is 47.7 Å². The van der Waals surface area contributed by atoms with Gasteiger partial charge < -0.3 is 14.5 Å². The highest BCUT2D eigenvalue weighted by molar-refractivity contribution is 7.10. The zero-order chi connectivity index (χ0) is 20.1. The molecule has 0 spiro atoms. The summed E-state index contributed by atoms with van der Waals surface area (Å²) in [7, 11) is 0. The molecular weight excluding hydrogens is 379 g/mol. The molecule has 0 saturated carbocycles. The number of carbonyl (C=O) groups is 2. The Morgan fingerprint density at radius 2 is 2.11 bits per heavy atom. The SMILES string of the molecule is C=CCN(CC(=O)N1CCc2sccc2C1COc1ccc(F)cc1)C(C)=O. The van der Waals surface area contributed by atoms with Gasteiger partial charge in [0.2, 0.25) is 11.8 Å². The highest BCUT2D eigenvalue weighted by Crippen LogP contribution is 2.34. The fourth-order valence-corrected chi connectivity index (χ4v) is 4.22. The van der Waals surface area contributed by atoms with Gasteiger partial charge in [-0.2, -0.15) is 0 Å². The van der Waals surface area contributed by atoms with Crippen molar-refractivity contribution in [2.75, 3.05) is 26.2 Å². The molecular formula is C21H23FN2O3S. The van der Waals surface area contributed by atoms with Crippen molar-refractivity contribution in [1.82, 2.24) is 9.80 Å². The predicted molar refractivity (Wildman–Crippen MR) is 107 cm³/mol. The first-order chi connectivity index (χ1) is 13.5. The minimum Gasteiger partial charge on any atom is -0.491 e. The number of amides is 2. The fourth-order valence-electron chi connectivity index (χ4n) is 3.29. The molecule has 0 fully saturated rings. The average molecular weight is 402 g/mol. The maximum Gasteiger partial charge on any atom is 0.242 e. The number of carbonyl (C=O) groups excluding carboxylic acids is 2. The van der Waals surface area contributed by atoms with Crippen LogP contribution in [0.4, 0.5) is 4.39 Å². The van der Waals surface area contributed by atoms with E-state index in [1.54, 1.807) is 34.4 Å². The lowest BCUT2D eigenvalue weighted by Crippen LogP contribution is -2.47. The lowest BCUT2D eigenvalue weighted by molar-refractivity contribution is -0.141. The molecule has 2 aromatic rings. The number of thiophene rings is 1. The lowest BCUT2D eigenvalue weighted by Gasteiger charge is -2.37. The zero-order valence-corrected chi connectivity index (χ0v) is 16.6. The van der Waals surface area contributed by atoms with Crippen molar-refractivity contribution in [3.05, 3.63) is 64.6 Å². The van der Waals surface area contributed by atoms with E-state index in [0.717, 1.165) is 12.0 Å². The summed E-state index contributed by atoms with van der Waals surface area (Å²) < 4.78 is 19.0. The van der Waals surface area contributed by atoms with Gasteiger partial charge in [-0.25, -0.2) is 4.39 Å². The van der Waals surface area contributed by atoms with E-state index in [2.05, 4.69) is 6.58 Å². The Morgan fingerprint density at radius 3 is 2.79 bits per heavy atom. The molecule has 0 aliphatic carbocycles.